The monoisotopic (exact) mass is 440 g/mol. The number of rotatable bonds is 7. The van der Waals surface area contributed by atoms with Gasteiger partial charge in [-0.15, -0.1) is 22.7 Å². The molecule has 0 fully saturated rings. The molecule has 4 heterocycles. The van der Waals surface area contributed by atoms with Crippen LogP contribution in [0.4, 0.5) is 0 Å². The van der Waals surface area contributed by atoms with Gasteiger partial charge in [0.2, 0.25) is 0 Å². The number of hydrogen-bond donors (Lipinski definition) is 0. The van der Waals surface area contributed by atoms with Gasteiger partial charge in [0.05, 0.1) is 41.2 Å². The topological polar surface area (TPSA) is 86.0 Å². The van der Waals surface area contributed by atoms with E-state index in [9.17, 15) is 4.79 Å². The second-order valence-electron chi connectivity index (χ2n) is 6.62. The van der Waals surface area contributed by atoms with Gasteiger partial charge in [-0.3, -0.25) is 4.79 Å². The Morgan fingerprint density at radius 1 is 1.23 bits per heavy atom. The third kappa shape index (κ3) is 4.02. The van der Waals surface area contributed by atoms with Crippen LogP contribution >= 0.6 is 22.7 Å². The van der Waals surface area contributed by atoms with Gasteiger partial charge in [0.15, 0.2) is 0 Å². The molecule has 0 unspecified atom stereocenters. The lowest BCUT2D eigenvalue weighted by atomic mass is 10.2. The summed E-state index contributed by atoms with van der Waals surface area (Å²) < 4.78 is 6.93. The molecule has 4 aromatic rings. The molecule has 4 rings (SSSR count). The van der Waals surface area contributed by atoms with Crippen molar-refractivity contribution in [3.05, 3.63) is 63.3 Å². The van der Waals surface area contributed by atoms with Gasteiger partial charge < -0.3 is 9.64 Å². The Labute approximate surface area is 181 Å². The molecule has 0 saturated carbocycles. The van der Waals surface area contributed by atoms with Gasteiger partial charge in [0.1, 0.15) is 5.01 Å². The zero-order valence-electron chi connectivity index (χ0n) is 16.8. The van der Waals surface area contributed by atoms with Crippen molar-refractivity contribution in [2.45, 2.75) is 20.1 Å². The van der Waals surface area contributed by atoms with E-state index >= 15 is 0 Å². The van der Waals surface area contributed by atoms with Crippen LogP contribution in [0.3, 0.4) is 0 Å². The predicted octanol–water partition coefficient (Wildman–Crippen LogP) is 3.57. The Morgan fingerprint density at radius 3 is 2.80 bits per heavy atom. The quantitative estimate of drug-likeness (QED) is 0.437. The number of methoxy groups -OCH3 is 1. The molecule has 0 aliphatic carbocycles. The molecule has 0 aliphatic heterocycles. The smallest absolute Gasteiger partial charge is 0.257 e. The lowest BCUT2D eigenvalue weighted by Gasteiger charge is -2.16. The van der Waals surface area contributed by atoms with Gasteiger partial charge in [-0.2, -0.15) is 9.78 Å². The highest BCUT2D eigenvalue weighted by molar-refractivity contribution is 7.13. The van der Waals surface area contributed by atoms with Crippen molar-refractivity contribution in [2.24, 2.45) is 0 Å². The normalized spacial score (nSPS) is 11.0. The van der Waals surface area contributed by atoms with E-state index in [0.717, 1.165) is 21.1 Å². The summed E-state index contributed by atoms with van der Waals surface area (Å²) in [5, 5.41) is 9.18. The third-order valence-corrected chi connectivity index (χ3v) is 6.13. The second-order valence-corrected chi connectivity index (χ2v) is 8.54. The molecule has 0 aliphatic rings. The van der Waals surface area contributed by atoms with Crippen LogP contribution in [0.1, 0.15) is 26.6 Å². The third-order valence-electron chi connectivity index (χ3n) is 4.49. The van der Waals surface area contributed by atoms with Crippen molar-refractivity contribution >= 4 is 28.6 Å². The Morgan fingerprint density at radius 2 is 2.10 bits per heavy atom. The van der Waals surface area contributed by atoms with Crippen LogP contribution in [0, 0.1) is 6.92 Å². The summed E-state index contributed by atoms with van der Waals surface area (Å²) in [4.78, 5) is 29.2. The minimum atomic E-state index is -0.158. The van der Waals surface area contributed by atoms with E-state index in [1.54, 1.807) is 53.7 Å². The first-order valence-corrected chi connectivity index (χ1v) is 10.9. The van der Waals surface area contributed by atoms with Crippen molar-refractivity contribution in [3.63, 3.8) is 0 Å². The van der Waals surface area contributed by atoms with Gasteiger partial charge in [0, 0.05) is 31.9 Å². The molecule has 1 amide bonds. The van der Waals surface area contributed by atoms with Crippen LogP contribution in [-0.4, -0.2) is 49.7 Å². The fraction of sp³-hybridized carbons (Fsp3) is 0.250. The molecule has 0 radical (unpaired) electrons. The number of thiophene rings is 1. The van der Waals surface area contributed by atoms with Crippen LogP contribution in [0.25, 0.3) is 16.5 Å². The highest BCUT2D eigenvalue weighted by Gasteiger charge is 2.23. The average molecular weight is 441 g/mol. The Hall–Kier alpha value is -2.95. The number of ether oxygens (including phenoxy) is 1. The van der Waals surface area contributed by atoms with Gasteiger partial charge in [0.25, 0.3) is 11.9 Å². The van der Waals surface area contributed by atoms with Crippen molar-refractivity contribution in [1.29, 1.82) is 0 Å². The van der Waals surface area contributed by atoms with Crippen LogP contribution in [0.2, 0.25) is 0 Å². The number of carbonyl (C=O) groups is 1. The van der Waals surface area contributed by atoms with E-state index in [-0.39, 0.29) is 12.5 Å². The average Bonchev–Trinajstić information content (AvgIpc) is 3.50. The molecule has 0 bridgehead atoms. The lowest BCUT2D eigenvalue weighted by molar-refractivity contribution is 0.0779. The van der Waals surface area contributed by atoms with E-state index < -0.39 is 0 Å². The molecular weight excluding hydrogens is 420 g/mol. The first-order valence-electron chi connectivity index (χ1n) is 9.16. The van der Waals surface area contributed by atoms with Crippen LogP contribution in [0.15, 0.2) is 41.5 Å². The number of amides is 1. The molecule has 0 atom stereocenters. The number of carbonyl (C=O) groups excluding carboxylic acids is 1. The van der Waals surface area contributed by atoms with Crippen LogP contribution in [0.5, 0.6) is 0 Å². The Balaban J connectivity index is 1.69. The van der Waals surface area contributed by atoms with Crippen LogP contribution in [-0.2, 0) is 17.9 Å². The van der Waals surface area contributed by atoms with Crippen molar-refractivity contribution < 1.29 is 9.53 Å². The SMILES string of the molecule is COCc1c(C(=O)N(C)Cc2nccs2)cnn1-c1ncc(C)c(-c2cccs2)n1. The Bertz CT molecular complexity index is 1140. The first kappa shape index (κ1) is 20.3. The fourth-order valence-corrected chi connectivity index (χ4v) is 4.46. The zero-order valence-corrected chi connectivity index (χ0v) is 18.4. The summed E-state index contributed by atoms with van der Waals surface area (Å²) in [6.07, 6.45) is 5.04. The van der Waals surface area contributed by atoms with Crippen molar-refractivity contribution in [2.75, 3.05) is 14.2 Å². The number of aryl methyl sites for hydroxylation is 1. The van der Waals surface area contributed by atoms with E-state index in [1.807, 2.05) is 29.8 Å². The minimum absolute atomic E-state index is 0.158. The van der Waals surface area contributed by atoms with E-state index in [1.165, 1.54) is 11.3 Å². The summed E-state index contributed by atoms with van der Waals surface area (Å²) in [7, 11) is 3.33. The highest BCUT2D eigenvalue weighted by atomic mass is 32.1. The number of nitrogens with zero attached hydrogens (tertiary/aromatic N) is 6. The predicted molar refractivity (Wildman–Crippen MR) is 116 cm³/mol. The standard InChI is InChI=1S/C20H20N6O2S2/c1-13-9-22-20(24-18(13)16-5-4-7-29-16)26-15(12-28-3)14(10-23-26)19(27)25(2)11-17-21-6-8-30-17/h4-10H,11-12H2,1-3H3. The molecule has 0 saturated heterocycles. The second kappa shape index (κ2) is 8.82. The summed E-state index contributed by atoms with van der Waals surface area (Å²) in [6, 6.07) is 4.01. The summed E-state index contributed by atoms with van der Waals surface area (Å²) >= 11 is 3.13. The molecule has 10 heteroatoms. The fourth-order valence-electron chi connectivity index (χ4n) is 3.01. The van der Waals surface area contributed by atoms with E-state index in [0.29, 0.717) is 23.8 Å². The number of thiazole rings is 1. The summed E-state index contributed by atoms with van der Waals surface area (Å²) in [6.45, 7) is 2.61. The van der Waals surface area contributed by atoms with Gasteiger partial charge >= 0.3 is 0 Å². The minimum Gasteiger partial charge on any atom is -0.378 e. The van der Waals surface area contributed by atoms with Crippen LogP contribution < -0.4 is 0 Å². The van der Waals surface area contributed by atoms with Gasteiger partial charge in [-0.05, 0) is 23.9 Å². The zero-order chi connectivity index (χ0) is 21.1. The van der Waals surface area contributed by atoms with Crippen molar-refractivity contribution in [1.82, 2.24) is 29.6 Å². The molecule has 0 spiro atoms. The van der Waals surface area contributed by atoms with Crippen molar-refractivity contribution in [3.8, 4) is 16.5 Å². The molecule has 154 valence electrons. The molecule has 4 aromatic heterocycles. The lowest BCUT2D eigenvalue weighted by Crippen LogP contribution is -2.27. The summed E-state index contributed by atoms with van der Waals surface area (Å²) in [5.74, 6) is 0.242. The maximum absolute atomic E-state index is 13.1. The molecule has 0 N–H and O–H groups in total. The number of hydrogen-bond acceptors (Lipinski definition) is 8. The Kier molecular flexibility index (Phi) is 5.98. The highest BCUT2D eigenvalue weighted by Crippen LogP contribution is 2.26. The number of aromatic nitrogens is 5. The largest absolute Gasteiger partial charge is 0.378 e. The van der Waals surface area contributed by atoms with Gasteiger partial charge in [-0.1, -0.05) is 6.07 Å². The summed E-state index contributed by atoms with van der Waals surface area (Å²) in [5.41, 5.74) is 2.89. The molecule has 0 aromatic carbocycles. The molecule has 30 heavy (non-hydrogen) atoms. The first-order chi connectivity index (χ1) is 14.6. The van der Waals surface area contributed by atoms with Gasteiger partial charge in [-0.25, -0.2) is 15.0 Å². The maximum atomic E-state index is 13.1. The maximum Gasteiger partial charge on any atom is 0.257 e. The molecular formula is C20H20N6O2S2. The molecule has 8 nitrogen and oxygen atoms in total. The van der Waals surface area contributed by atoms with E-state index in [2.05, 4.69) is 15.1 Å². The van der Waals surface area contributed by atoms with E-state index in [4.69, 9.17) is 9.72 Å².